The van der Waals surface area contributed by atoms with Gasteiger partial charge in [-0.2, -0.15) is 0 Å². The molecule has 1 aromatic carbocycles. The Labute approximate surface area is 124 Å². The third-order valence-corrected chi connectivity index (χ3v) is 4.02. The van der Waals surface area contributed by atoms with Gasteiger partial charge in [-0.1, -0.05) is 13.8 Å². The van der Waals surface area contributed by atoms with Crippen molar-refractivity contribution in [3.63, 3.8) is 0 Å². The molecule has 0 aliphatic heterocycles. The molecule has 1 unspecified atom stereocenters. The number of hydrogen-bond donors (Lipinski definition) is 1. The highest BCUT2D eigenvalue weighted by molar-refractivity contribution is 9.10. The van der Waals surface area contributed by atoms with E-state index < -0.39 is 0 Å². The van der Waals surface area contributed by atoms with Crippen LogP contribution in [0.4, 0.5) is 0 Å². The third kappa shape index (κ3) is 4.11. The summed E-state index contributed by atoms with van der Waals surface area (Å²) in [4.78, 5) is 0. The van der Waals surface area contributed by atoms with Crippen molar-refractivity contribution in [2.75, 3.05) is 21.3 Å². The molecule has 3 nitrogen and oxygen atoms in total. The number of halogens is 1. The van der Waals surface area contributed by atoms with Gasteiger partial charge in [-0.3, -0.25) is 0 Å². The van der Waals surface area contributed by atoms with E-state index in [-0.39, 0.29) is 0 Å². The largest absolute Gasteiger partial charge is 0.495 e. The van der Waals surface area contributed by atoms with Gasteiger partial charge in [0.25, 0.3) is 0 Å². The fourth-order valence-electron chi connectivity index (χ4n) is 2.15. The van der Waals surface area contributed by atoms with Crippen molar-refractivity contribution in [1.29, 1.82) is 0 Å². The lowest BCUT2D eigenvalue weighted by molar-refractivity contribution is 0.375. The topological polar surface area (TPSA) is 30.5 Å². The molecular weight excluding hydrogens is 306 g/mol. The summed E-state index contributed by atoms with van der Waals surface area (Å²) in [6.45, 7) is 4.49. The predicted octanol–water partition coefficient (Wildman–Crippen LogP) is 4.16. The molecule has 4 heteroatoms. The minimum Gasteiger partial charge on any atom is -0.495 e. The second-order valence-corrected chi connectivity index (χ2v) is 5.81. The molecule has 0 saturated carbocycles. The Balaban J connectivity index is 3.06. The molecule has 0 heterocycles. The average Bonchev–Trinajstić information content (AvgIpc) is 2.39. The van der Waals surface area contributed by atoms with Crippen LogP contribution in [0, 0.1) is 5.92 Å². The summed E-state index contributed by atoms with van der Waals surface area (Å²) in [6.07, 6.45) is 2.27. The van der Waals surface area contributed by atoms with E-state index in [9.17, 15) is 0 Å². The first-order valence-corrected chi connectivity index (χ1v) is 7.42. The molecule has 1 aromatic rings. The van der Waals surface area contributed by atoms with Crippen LogP contribution in [0.2, 0.25) is 0 Å². The van der Waals surface area contributed by atoms with Crippen LogP contribution in [0.1, 0.15) is 38.3 Å². The van der Waals surface area contributed by atoms with Gasteiger partial charge < -0.3 is 14.8 Å². The molecular formula is C15H24BrNO2. The molecule has 0 saturated heterocycles. The first-order chi connectivity index (χ1) is 9.04. The second kappa shape index (κ2) is 7.75. The van der Waals surface area contributed by atoms with Crippen LogP contribution < -0.4 is 14.8 Å². The quantitative estimate of drug-likeness (QED) is 0.814. The molecule has 1 atom stereocenters. The van der Waals surface area contributed by atoms with E-state index in [0.717, 1.165) is 22.4 Å². The van der Waals surface area contributed by atoms with Gasteiger partial charge in [0.2, 0.25) is 0 Å². The van der Waals surface area contributed by atoms with Crippen LogP contribution >= 0.6 is 15.9 Å². The van der Waals surface area contributed by atoms with Crippen molar-refractivity contribution in [2.24, 2.45) is 5.92 Å². The molecule has 1 rings (SSSR count). The fraction of sp³-hybridized carbons (Fsp3) is 0.600. The smallest absolute Gasteiger partial charge is 0.141 e. The van der Waals surface area contributed by atoms with Gasteiger partial charge >= 0.3 is 0 Å². The molecule has 0 fully saturated rings. The Hall–Kier alpha value is -0.740. The molecule has 108 valence electrons. The summed E-state index contributed by atoms with van der Waals surface area (Å²) >= 11 is 3.55. The van der Waals surface area contributed by atoms with Crippen LogP contribution in [0.3, 0.4) is 0 Å². The molecule has 0 aromatic heterocycles. The normalized spacial score (nSPS) is 12.6. The van der Waals surface area contributed by atoms with Crippen molar-refractivity contribution in [3.8, 4) is 11.5 Å². The van der Waals surface area contributed by atoms with E-state index in [0.29, 0.717) is 12.0 Å². The Morgan fingerprint density at radius 2 is 1.84 bits per heavy atom. The number of ether oxygens (including phenoxy) is 2. The van der Waals surface area contributed by atoms with Gasteiger partial charge in [-0.05, 0) is 53.9 Å². The van der Waals surface area contributed by atoms with Crippen LogP contribution in [0.15, 0.2) is 16.6 Å². The van der Waals surface area contributed by atoms with E-state index >= 15 is 0 Å². The van der Waals surface area contributed by atoms with E-state index in [1.54, 1.807) is 14.2 Å². The van der Waals surface area contributed by atoms with E-state index in [4.69, 9.17) is 9.47 Å². The second-order valence-electron chi connectivity index (χ2n) is 5.02. The number of nitrogens with one attached hydrogen (secondary N) is 1. The third-order valence-electron chi connectivity index (χ3n) is 3.27. The predicted molar refractivity (Wildman–Crippen MR) is 83.1 cm³/mol. The maximum absolute atomic E-state index is 5.54. The highest BCUT2D eigenvalue weighted by atomic mass is 79.9. The van der Waals surface area contributed by atoms with E-state index in [1.807, 2.05) is 13.1 Å². The van der Waals surface area contributed by atoms with Gasteiger partial charge in [0.15, 0.2) is 0 Å². The first-order valence-electron chi connectivity index (χ1n) is 6.62. The fourth-order valence-corrected chi connectivity index (χ4v) is 2.83. The highest BCUT2D eigenvalue weighted by Crippen LogP contribution is 2.40. The standard InChI is InChI=1S/C15H24BrNO2/c1-10(2)6-8-12(17-3)11-7-9-13(18-4)14(16)15(11)19-5/h7,9-10,12,17H,6,8H2,1-5H3. The molecule has 1 N–H and O–H groups in total. The Bertz CT molecular complexity index is 407. The van der Waals surface area contributed by atoms with Crippen LogP contribution in [0.25, 0.3) is 0 Å². The lowest BCUT2D eigenvalue weighted by Gasteiger charge is -2.22. The number of benzene rings is 1. The van der Waals surface area contributed by atoms with Gasteiger partial charge in [0.05, 0.1) is 14.2 Å². The van der Waals surface area contributed by atoms with Crippen LogP contribution in [-0.2, 0) is 0 Å². The summed E-state index contributed by atoms with van der Waals surface area (Å²) in [5.74, 6) is 2.34. The summed E-state index contributed by atoms with van der Waals surface area (Å²) in [5, 5.41) is 3.37. The minimum atomic E-state index is 0.291. The molecule has 0 bridgehead atoms. The van der Waals surface area contributed by atoms with Crippen LogP contribution in [0.5, 0.6) is 11.5 Å². The first kappa shape index (κ1) is 16.3. The maximum atomic E-state index is 5.54. The van der Waals surface area contributed by atoms with E-state index in [1.165, 1.54) is 12.0 Å². The summed E-state index contributed by atoms with van der Waals surface area (Å²) in [7, 11) is 5.34. The number of rotatable bonds is 7. The molecule has 0 amide bonds. The van der Waals surface area contributed by atoms with Crippen molar-refractivity contribution >= 4 is 15.9 Å². The number of methoxy groups -OCH3 is 2. The summed E-state index contributed by atoms with van der Waals surface area (Å²) in [6, 6.07) is 4.34. The average molecular weight is 330 g/mol. The maximum Gasteiger partial charge on any atom is 0.141 e. The zero-order valence-electron chi connectivity index (χ0n) is 12.4. The van der Waals surface area contributed by atoms with Gasteiger partial charge in [-0.25, -0.2) is 0 Å². The van der Waals surface area contributed by atoms with Gasteiger partial charge in [0.1, 0.15) is 16.0 Å². The summed E-state index contributed by atoms with van der Waals surface area (Å²) < 4.78 is 11.7. The molecule has 0 radical (unpaired) electrons. The molecule has 0 spiro atoms. The monoisotopic (exact) mass is 329 g/mol. The Morgan fingerprint density at radius 1 is 1.16 bits per heavy atom. The van der Waals surface area contributed by atoms with Crippen molar-refractivity contribution < 1.29 is 9.47 Å². The number of hydrogen-bond acceptors (Lipinski definition) is 3. The molecule has 19 heavy (non-hydrogen) atoms. The van der Waals surface area contributed by atoms with Gasteiger partial charge in [0, 0.05) is 11.6 Å². The van der Waals surface area contributed by atoms with E-state index in [2.05, 4.69) is 41.2 Å². The molecule has 0 aliphatic rings. The highest BCUT2D eigenvalue weighted by Gasteiger charge is 2.19. The summed E-state index contributed by atoms with van der Waals surface area (Å²) in [5.41, 5.74) is 1.17. The van der Waals surface area contributed by atoms with Crippen molar-refractivity contribution in [2.45, 2.75) is 32.7 Å². The zero-order chi connectivity index (χ0) is 14.4. The lowest BCUT2D eigenvalue weighted by atomic mass is 9.97. The molecule has 0 aliphatic carbocycles. The van der Waals surface area contributed by atoms with Gasteiger partial charge in [-0.15, -0.1) is 0 Å². The SMILES string of the molecule is CNC(CCC(C)C)c1ccc(OC)c(Br)c1OC. The van der Waals surface area contributed by atoms with Crippen LogP contribution in [-0.4, -0.2) is 21.3 Å². The van der Waals surface area contributed by atoms with Crippen molar-refractivity contribution in [3.05, 3.63) is 22.2 Å². The minimum absolute atomic E-state index is 0.291. The van der Waals surface area contributed by atoms with Crippen molar-refractivity contribution in [1.82, 2.24) is 5.32 Å². The Kier molecular flexibility index (Phi) is 6.66. The Morgan fingerprint density at radius 3 is 2.32 bits per heavy atom. The zero-order valence-corrected chi connectivity index (χ0v) is 14.0. The lowest BCUT2D eigenvalue weighted by Crippen LogP contribution is -2.18.